The molecule has 30 heavy (non-hydrogen) atoms. The number of piperidine rings is 1. The zero-order valence-electron chi connectivity index (χ0n) is 17.2. The minimum absolute atomic E-state index is 0.141. The molecule has 2 aliphatic rings. The van der Waals surface area contributed by atoms with Crippen molar-refractivity contribution in [3.63, 3.8) is 0 Å². The lowest BCUT2D eigenvalue weighted by atomic mass is 10.1. The summed E-state index contributed by atoms with van der Waals surface area (Å²) < 4.78 is 9.47. The van der Waals surface area contributed by atoms with Crippen LogP contribution in [-0.4, -0.2) is 39.9 Å². The zero-order chi connectivity index (χ0) is 20.5. The molecule has 0 unspecified atom stereocenters. The molecule has 1 N–H and O–H groups in total. The molecule has 1 aliphatic heterocycles. The lowest BCUT2D eigenvalue weighted by Crippen LogP contribution is -2.35. The number of ether oxygens (including phenoxy) is 1. The van der Waals surface area contributed by atoms with Crippen molar-refractivity contribution in [3.8, 4) is 5.75 Å². The van der Waals surface area contributed by atoms with E-state index < -0.39 is 0 Å². The first-order valence-corrected chi connectivity index (χ1v) is 12.3. The average molecular weight is 445 g/mol. The number of thiophene rings is 1. The van der Waals surface area contributed by atoms with Gasteiger partial charge in [0.25, 0.3) is 0 Å². The fourth-order valence-electron chi connectivity index (χ4n) is 4.80. The third-order valence-corrected chi connectivity index (χ3v) is 7.66. The molecule has 1 saturated heterocycles. The molecule has 0 bridgehead atoms. The van der Waals surface area contributed by atoms with Crippen molar-refractivity contribution in [3.05, 3.63) is 51.3 Å². The molecule has 3 aromatic rings. The molecule has 0 spiro atoms. The van der Waals surface area contributed by atoms with Crippen molar-refractivity contribution < 1.29 is 9.84 Å². The number of aliphatic hydroxyl groups is 1. The molecular weight excluding hydrogens is 416 g/mol. The molecule has 0 amide bonds. The lowest BCUT2D eigenvalue weighted by Gasteiger charge is -2.29. The molecule has 5 rings (SSSR count). The van der Waals surface area contributed by atoms with Crippen LogP contribution in [0.2, 0.25) is 4.34 Å². The molecule has 1 saturated carbocycles. The highest BCUT2D eigenvalue weighted by Gasteiger charge is 2.21. The number of hydrogen-bond donors (Lipinski definition) is 1. The van der Waals surface area contributed by atoms with Gasteiger partial charge < -0.3 is 14.4 Å². The minimum Gasteiger partial charge on any atom is -0.490 e. The molecule has 2 fully saturated rings. The van der Waals surface area contributed by atoms with Gasteiger partial charge in [0.2, 0.25) is 0 Å². The second-order valence-electron chi connectivity index (χ2n) is 8.70. The van der Waals surface area contributed by atoms with E-state index in [4.69, 9.17) is 16.3 Å². The maximum Gasteiger partial charge on any atom is 0.120 e. The molecule has 1 aromatic carbocycles. The van der Waals surface area contributed by atoms with Crippen LogP contribution in [-0.2, 0) is 13.1 Å². The van der Waals surface area contributed by atoms with Crippen molar-refractivity contribution in [2.24, 2.45) is 0 Å². The Kier molecular flexibility index (Phi) is 6.05. The quantitative estimate of drug-likeness (QED) is 0.531. The van der Waals surface area contributed by atoms with E-state index in [9.17, 15) is 5.11 Å². The smallest absolute Gasteiger partial charge is 0.120 e. The monoisotopic (exact) mass is 444 g/mol. The molecule has 4 nitrogen and oxygen atoms in total. The Morgan fingerprint density at radius 1 is 1.03 bits per heavy atom. The summed E-state index contributed by atoms with van der Waals surface area (Å²) in [5.74, 6) is 0.988. The standard InChI is InChI=1S/C24H29ClN2O2S/c25-24-8-6-21(30-24)16-27-15-17(14-26-11-9-18(28)10-12-26)22-13-20(5-7-23(22)27)29-19-3-1-2-4-19/h5-8,13,15,18-19,28H,1-4,9-12,14,16H2. The lowest BCUT2D eigenvalue weighted by molar-refractivity contribution is 0.0794. The normalized spacial score (nSPS) is 19.1. The fourth-order valence-corrected chi connectivity index (χ4v) is 5.89. The summed E-state index contributed by atoms with van der Waals surface area (Å²) in [7, 11) is 0. The summed E-state index contributed by atoms with van der Waals surface area (Å²) in [6.45, 7) is 3.64. The number of halogens is 1. The second-order valence-corrected chi connectivity index (χ2v) is 10.5. The third kappa shape index (κ3) is 4.54. The first-order valence-electron chi connectivity index (χ1n) is 11.1. The van der Waals surface area contributed by atoms with Crippen molar-refractivity contribution in [1.82, 2.24) is 9.47 Å². The van der Waals surface area contributed by atoms with Crippen molar-refractivity contribution in [2.75, 3.05) is 13.1 Å². The van der Waals surface area contributed by atoms with Gasteiger partial charge in [-0.1, -0.05) is 11.6 Å². The molecule has 3 heterocycles. The molecule has 0 radical (unpaired) electrons. The summed E-state index contributed by atoms with van der Waals surface area (Å²) in [6.07, 6.45) is 9.13. The van der Waals surface area contributed by atoms with E-state index in [1.807, 2.05) is 6.07 Å². The highest BCUT2D eigenvalue weighted by Crippen LogP contribution is 2.32. The Bertz CT molecular complexity index is 1000. The van der Waals surface area contributed by atoms with Gasteiger partial charge in [-0.05, 0) is 74.4 Å². The van der Waals surface area contributed by atoms with Crippen LogP contribution in [0.1, 0.15) is 49.0 Å². The van der Waals surface area contributed by atoms with Crippen LogP contribution >= 0.6 is 22.9 Å². The number of hydrogen-bond acceptors (Lipinski definition) is 4. The predicted octanol–water partition coefficient (Wildman–Crippen LogP) is 5.68. The molecule has 2 aromatic heterocycles. The first kappa shape index (κ1) is 20.4. The van der Waals surface area contributed by atoms with Gasteiger partial charge in [-0.3, -0.25) is 4.90 Å². The van der Waals surface area contributed by atoms with Gasteiger partial charge in [0.15, 0.2) is 0 Å². The Labute approximate surface area is 187 Å². The highest BCUT2D eigenvalue weighted by atomic mass is 35.5. The van der Waals surface area contributed by atoms with Crippen LogP contribution in [0.3, 0.4) is 0 Å². The van der Waals surface area contributed by atoms with E-state index in [0.717, 1.165) is 49.1 Å². The number of rotatable bonds is 6. The van der Waals surface area contributed by atoms with Crippen LogP contribution in [0.5, 0.6) is 5.75 Å². The number of aromatic nitrogens is 1. The molecular formula is C24H29ClN2O2S. The van der Waals surface area contributed by atoms with E-state index in [1.54, 1.807) is 11.3 Å². The molecule has 1 aliphatic carbocycles. The largest absolute Gasteiger partial charge is 0.490 e. The highest BCUT2D eigenvalue weighted by molar-refractivity contribution is 7.16. The Morgan fingerprint density at radius 3 is 2.57 bits per heavy atom. The van der Waals surface area contributed by atoms with Gasteiger partial charge in [0.05, 0.1) is 23.1 Å². The van der Waals surface area contributed by atoms with E-state index in [0.29, 0.717) is 6.10 Å². The minimum atomic E-state index is -0.141. The average Bonchev–Trinajstić information content (AvgIpc) is 3.46. The van der Waals surface area contributed by atoms with Crippen LogP contribution in [0.4, 0.5) is 0 Å². The van der Waals surface area contributed by atoms with E-state index in [1.165, 1.54) is 47.0 Å². The van der Waals surface area contributed by atoms with Gasteiger partial charge in [-0.25, -0.2) is 0 Å². The first-order chi connectivity index (χ1) is 14.6. The third-order valence-electron chi connectivity index (χ3n) is 6.45. The Morgan fingerprint density at radius 2 is 1.83 bits per heavy atom. The zero-order valence-corrected chi connectivity index (χ0v) is 18.8. The topological polar surface area (TPSA) is 37.6 Å². The summed E-state index contributed by atoms with van der Waals surface area (Å²) >= 11 is 7.80. The predicted molar refractivity (Wildman–Crippen MR) is 124 cm³/mol. The van der Waals surface area contributed by atoms with Crippen molar-refractivity contribution in [2.45, 2.75) is 63.8 Å². The maximum absolute atomic E-state index is 9.85. The van der Waals surface area contributed by atoms with Gasteiger partial charge in [0.1, 0.15) is 5.75 Å². The number of fused-ring (bicyclic) bond motifs is 1. The van der Waals surface area contributed by atoms with Gasteiger partial charge in [-0.2, -0.15) is 0 Å². The number of likely N-dealkylation sites (tertiary alicyclic amines) is 1. The van der Waals surface area contributed by atoms with E-state index >= 15 is 0 Å². The van der Waals surface area contributed by atoms with Gasteiger partial charge in [0, 0.05) is 41.6 Å². The number of nitrogens with zero attached hydrogens (tertiary/aromatic N) is 2. The molecule has 160 valence electrons. The van der Waals surface area contributed by atoms with Crippen molar-refractivity contribution >= 4 is 33.8 Å². The van der Waals surface area contributed by atoms with Crippen LogP contribution < -0.4 is 4.74 Å². The molecule has 0 atom stereocenters. The second kappa shape index (κ2) is 8.91. The van der Waals surface area contributed by atoms with Crippen LogP contribution in [0.25, 0.3) is 10.9 Å². The summed E-state index contributed by atoms with van der Waals surface area (Å²) in [4.78, 5) is 3.72. The van der Waals surface area contributed by atoms with Crippen LogP contribution in [0, 0.1) is 0 Å². The SMILES string of the molecule is OC1CCN(Cc2cn(Cc3ccc(Cl)s3)c3ccc(OC4CCCC4)cc23)CC1. The summed E-state index contributed by atoms with van der Waals surface area (Å²) in [6, 6.07) is 10.7. The van der Waals surface area contributed by atoms with E-state index in [2.05, 4.69) is 39.9 Å². The van der Waals surface area contributed by atoms with Crippen LogP contribution in [0.15, 0.2) is 36.5 Å². The summed E-state index contributed by atoms with van der Waals surface area (Å²) in [5, 5.41) is 11.1. The summed E-state index contributed by atoms with van der Waals surface area (Å²) in [5.41, 5.74) is 2.58. The van der Waals surface area contributed by atoms with Crippen molar-refractivity contribution in [1.29, 1.82) is 0 Å². The number of benzene rings is 1. The number of aliphatic hydroxyl groups excluding tert-OH is 1. The molecule has 6 heteroatoms. The maximum atomic E-state index is 9.85. The van der Waals surface area contributed by atoms with Gasteiger partial charge >= 0.3 is 0 Å². The Balaban J connectivity index is 1.44. The van der Waals surface area contributed by atoms with E-state index in [-0.39, 0.29) is 6.10 Å². The fraction of sp³-hybridized carbons (Fsp3) is 0.500. The van der Waals surface area contributed by atoms with Gasteiger partial charge in [-0.15, -0.1) is 11.3 Å². The Hall–Kier alpha value is -1.53.